The van der Waals surface area contributed by atoms with Crippen LogP contribution in [-0.2, 0) is 13.7 Å². The topological polar surface area (TPSA) is 227 Å². The van der Waals surface area contributed by atoms with Gasteiger partial charge in [0, 0.05) is 0 Å². The second-order valence-corrected chi connectivity index (χ2v) is 5.15. The van der Waals surface area contributed by atoms with Gasteiger partial charge in [-0.15, -0.1) is 0 Å². The maximum absolute atomic E-state index is 10.7. The van der Waals surface area contributed by atoms with E-state index in [2.05, 4.69) is 13.7 Å². The van der Waals surface area contributed by atoms with Crippen LogP contribution in [0.15, 0.2) is 0 Å². The van der Waals surface area contributed by atoms with Crippen LogP contribution in [-0.4, -0.2) is 77.9 Å². The molecule has 0 aliphatic heterocycles. The van der Waals surface area contributed by atoms with Gasteiger partial charge in [-0.25, -0.2) is 0 Å². The molecule has 0 amide bonds. The third-order valence-electron chi connectivity index (χ3n) is 0.327. The Hall–Kier alpha value is 1.03. The van der Waals surface area contributed by atoms with Crippen LogP contribution in [0.2, 0.25) is 0 Å². The minimum Gasteiger partial charge on any atom is -0.822 e. The summed E-state index contributed by atoms with van der Waals surface area (Å²) in [6.45, 7) is 0. The molecule has 0 unspecified atom stereocenters. The Balaban J connectivity index is -0.0000000536. The fourth-order valence-electron chi connectivity index (χ4n) is 0. The van der Waals surface area contributed by atoms with Gasteiger partial charge in [0.2, 0.25) is 0 Å². The van der Waals surface area contributed by atoms with Crippen molar-refractivity contribution < 1.29 is 70.6 Å². The van der Waals surface area contributed by atoms with Gasteiger partial charge in [0.15, 0.2) is 0 Å². The summed E-state index contributed by atoms with van der Waals surface area (Å²) >= 11 is 0. The average molecular weight is 390 g/mol. The second-order valence-electron chi connectivity index (χ2n) is 1.72. The van der Waals surface area contributed by atoms with Gasteiger partial charge in [0.05, 0.1) is 0 Å². The van der Waals surface area contributed by atoms with Crippen molar-refractivity contribution in [1.29, 1.82) is 0 Å². The van der Waals surface area contributed by atoms with Crippen molar-refractivity contribution >= 4 is 62.1 Å². The van der Waals surface area contributed by atoms with Gasteiger partial charge in [-0.1, -0.05) is 0 Å². The van der Waals surface area contributed by atoms with Crippen LogP contribution in [0.3, 0.4) is 0 Å². The molecule has 0 aliphatic rings. The molecule has 0 aromatic rings. The standard InChI is InChI=1S/2Al.3FHO4Si/c;;3*1-6(3,4)5-2/h;;3*2H/q2*+3;3*-2. The summed E-state index contributed by atoms with van der Waals surface area (Å²) in [7, 11) is -16.7. The zero-order chi connectivity index (χ0) is 15.6. The van der Waals surface area contributed by atoms with Crippen molar-refractivity contribution in [1.82, 2.24) is 0 Å². The molecule has 12 nitrogen and oxygen atoms in total. The smallest absolute Gasteiger partial charge is 0.822 e. The van der Waals surface area contributed by atoms with Crippen molar-refractivity contribution in [2.45, 2.75) is 0 Å². The van der Waals surface area contributed by atoms with Gasteiger partial charge in [0.25, 0.3) is 27.4 Å². The van der Waals surface area contributed by atoms with E-state index in [0.717, 1.165) is 0 Å². The molecular formula is H3Al2F3O12Si3. The Morgan fingerprint density at radius 3 is 0.600 bits per heavy atom. The van der Waals surface area contributed by atoms with E-state index >= 15 is 0 Å². The Labute approximate surface area is 133 Å². The molecule has 20 heteroatoms. The van der Waals surface area contributed by atoms with Crippen LogP contribution in [0.1, 0.15) is 0 Å². The van der Waals surface area contributed by atoms with Gasteiger partial charge >= 0.3 is 34.7 Å². The third kappa shape index (κ3) is 61.5. The normalized spacial score (nSPS) is 10.8. The molecular weight excluding hydrogens is 387 g/mol. The Bertz CT molecular complexity index is 155. The van der Waals surface area contributed by atoms with Gasteiger partial charge in [-0.2, -0.15) is 0 Å². The van der Waals surface area contributed by atoms with Crippen LogP contribution >= 0.6 is 0 Å². The van der Waals surface area contributed by atoms with Crippen LogP contribution in [0, 0.1) is 0 Å². The van der Waals surface area contributed by atoms with Crippen molar-refractivity contribution in [2.75, 3.05) is 0 Å². The van der Waals surface area contributed by atoms with E-state index in [0.29, 0.717) is 0 Å². The average Bonchev–Trinajstić information content (AvgIpc) is 2.16. The molecule has 20 heavy (non-hydrogen) atoms. The SMILES string of the molecule is [Al+3].[Al+3].[O-][Si]([O-])(F)OO.[O-][Si]([O-])(F)OO.[O-][Si]([O-])(F)OO. The molecule has 0 saturated heterocycles. The Kier molecular flexibility index (Phi) is 24.5. The van der Waals surface area contributed by atoms with Gasteiger partial charge < -0.3 is 41.1 Å². The van der Waals surface area contributed by atoms with E-state index in [1.165, 1.54) is 0 Å². The molecule has 0 aliphatic carbocycles. The number of halogens is 3. The summed E-state index contributed by atoms with van der Waals surface area (Å²) in [5.41, 5.74) is 0. The number of hydrogen-bond donors (Lipinski definition) is 3. The molecule has 0 atom stereocenters. The van der Waals surface area contributed by atoms with Crippen molar-refractivity contribution in [3.8, 4) is 0 Å². The monoisotopic (exact) mass is 390 g/mol. The zero-order valence-corrected chi connectivity index (χ0v) is 14.1. The number of rotatable bonds is 3. The van der Waals surface area contributed by atoms with E-state index in [1.807, 2.05) is 0 Å². The first-order valence-corrected chi connectivity index (χ1v) is 7.76. The summed E-state index contributed by atoms with van der Waals surface area (Å²) in [5.74, 6) is 0. The van der Waals surface area contributed by atoms with Gasteiger partial charge in [0.1, 0.15) is 0 Å². The first kappa shape index (κ1) is 32.8. The second kappa shape index (κ2) is 14.9. The fraction of sp³-hybridized carbons (Fsp3) is 0. The molecule has 0 heterocycles. The van der Waals surface area contributed by atoms with E-state index < -0.39 is 27.4 Å². The molecule has 0 spiro atoms. The van der Waals surface area contributed by atoms with Crippen LogP contribution in [0.25, 0.3) is 0 Å². The predicted molar refractivity (Wildman–Crippen MR) is 43.2 cm³/mol. The molecule has 0 saturated carbocycles. The summed E-state index contributed by atoms with van der Waals surface area (Å²) in [5, 5.41) is 20.9. The predicted octanol–water partition coefficient (Wildman–Crippen LogP) is -7.96. The molecule has 0 aromatic heterocycles. The summed E-state index contributed by atoms with van der Waals surface area (Å²) < 4.78 is 38.9. The third-order valence-corrected chi connectivity index (χ3v) is 0.981. The zero-order valence-electron chi connectivity index (χ0n) is 8.80. The van der Waals surface area contributed by atoms with Crippen molar-refractivity contribution in [3.63, 3.8) is 0 Å². The number of hydrogen-bond acceptors (Lipinski definition) is 12. The van der Waals surface area contributed by atoms with Crippen LogP contribution in [0.5, 0.6) is 0 Å². The summed E-state index contributed by atoms with van der Waals surface area (Å²) in [6.07, 6.45) is 0. The fourth-order valence-corrected chi connectivity index (χ4v) is 0. The Morgan fingerprint density at radius 2 is 0.600 bits per heavy atom. The molecule has 3 N–H and O–H groups in total. The Morgan fingerprint density at radius 1 is 0.550 bits per heavy atom. The van der Waals surface area contributed by atoms with Crippen LogP contribution < -0.4 is 28.8 Å². The molecule has 0 fully saturated rings. The largest absolute Gasteiger partial charge is 3.00 e. The summed E-state index contributed by atoms with van der Waals surface area (Å²) in [4.78, 5) is 53.5. The van der Waals surface area contributed by atoms with Crippen LogP contribution in [0.4, 0.5) is 12.3 Å². The minimum absolute atomic E-state index is 0. The van der Waals surface area contributed by atoms with Crippen molar-refractivity contribution in [2.24, 2.45) is 0 Å². The van der Waals surface area contributed by atoms with E-state index in [-0.39, 0.29) is 34.7 Å². The molecule has 0 aromatic carbocycles. The first-order chi connectivity index (χ1) is 7.68. The summed E-state index contributed by atoms with van der Waals surface area (Å²) in [6, 6.07) is 0. The first-order valence-electron chi connectivity index (χ1n) is 2.95. The minimum atomic E-state index is -5.58. The molecule has 0 bridgehead atoms. The molecule has 114 valence electrons. The van der Waals surface area contributed by atoms with Gasteiger partial charge in [-0.3, -0.25) is 29.5 Å². The maximum Gasteiger partial charge on any atom is 3.00 e. The maximum atomic E-state index is 10.7. The molecule has 0 radical (unpaired) electrons. The molecule has 0 rings (SSSR count). The van der Waals surface area contributed by atoms with E-state index in [1.54, 1.807) is 0 Å². The van der Waals surface area contributed by atoms with Gasteiger partial charge in [-0.05, 0) is 0 Å². The quantitative estimate of drug-likeness (QED) is 0.177. The van der Waals surface area contributed by atoms with Crippen molar-refractivity contribution in [3.05, 3.63) is 0 Å². The van der Waals surface area contributed by atoms with E-state index in [9.17, 15) is 12.3 Å². The van der Waals surface area contributed by atoms with E-state index in [4.69, 9.17) is 44.5 Å².